The first-order valence-electron chi connectivity index (χ1n) is 6.30. The molecular formula is C14H21NO3. The lowest BCUT2D eigenvalue weighted by molar-refractivity contribution is 0.0697. The zero-order valence-electron chi connectivity index (χ0n) is 11.3. The molecule has 4 heteroatoms. The van der Waals surface area contributed by atoms with Gasteiger partial charge in [0, 0.05) is 13.1 Å². The molecule has 0 fully saturated rings. The standard InChI is InChI=1S/C14H21NO3/c1-4-8-15(9-5-2)12-10-11(14(16)17)6-7-13(12)18-3/h6-7,10H,4-5,8-9H2,1-3H3,(H,16,17). The summed E-state index contributed by atoms with van der Waals surface area (Å²) in [5.41, 5.74) is 1.16. The van der Waals surface area contributed by atoms with Gasteiger partial charge in [-0.15, -0.1) is 0 Å². The molecule has 0 saturated heterocycles. The van der Waals surface area contributed by atoms with Crippen LogP contribution in [-0.2, 0) is 0 Å². The lowest BCUT2D eigenvalue weighted by atomic mass is 10.1. The first-order chi connectivity index (χ1) is 8.63. The third-order valence-electron chi connectivity index (χ3n) is 2.75. The number of rotatable bonds is 7. The third kappa shape index (κ3) is 3.39. The molecule has 0 saturated carbocycles. The third-order valence-corrected chi connectivity index (χ3v) is 2.75. The summed E-state index contributed by atoms with van der Waals surface area (Å²) in [6, 6.07) is 4.98. The number of nitrogens with zero attached hydrogens (tertiary/aromatic N) is 1. The van der Waals surface area contributed by atoms with Crippen molar-refractivity contribution >= 4 is 11.7 Å². The van der Waals surface area contributed by atoms with Crippen LogP contribution < -0.4 is 9.64 Å². The van der Waals surface area contributed by atoms with E-state index >= 15 is 0 Å². The summed E-state index contributed by atoms with van der Waals surface area (Å²) < 4.78 is 5.32. The maximum Gasteiger partial charge on any atom is 0.335 e. The van der Waals surface area contributed by atoms with E-state index in [1.165, 1.54) is 0 Å². The molecule has 0 amide bonds. The predicted octanol–water partition coefficient (Wildman–Crippen LogP) is 3.02. The highest BCUT2D eigenvalue weighted by Crippen LogP contribution is 2.29. The molecule has 1 aromatic rings. The van der Waals surface area contributed by atoms with E-state index in [4.69, 9.17) is 9.84 Å². The summed E-state index contributed by atoms with van der Waals surface area (Å²) in [4.78, 5) is 13.2. The number of aromatic carboxylic acids is 1. The maximum atomic E-state index is 11.0. The number of carbonyl (C=O) groups is 1. The molecule has 1 aromatic carbocycles. The van der Waals surface area contributed by atoms with Crippen LogP contribution in [0.4, 0.5) is 5.69 Å². The molecular weight excluding hydrogens is 230 g/mol. The minimum absolute atomic E-state index is 0.294. The number of carboxylic acids is 1. The summed E-state index contributed by atoms with van der Waals surface area (Å²) >= 11 is 0. The molecule has 18 heavy (non-hydrogen) atoms. The molecule has 1 rings (SSSR count). The van der Waals surface area contributed by atoms with Crippen molar-refractivity contribution in [3.05, 3.63) is 23.8 Å². The van der Waals surface area contributed by atoms with Crippen molar-refractivity contribution in [3.8, 4) is 5.75 Å². The molecule has 100 valence electrons. The van der Waals surface area contributed by atoms with E-state index in [2.05, 4.69) is 18.7 Å². The minimum Gasteiger partial charge on any atom is -0.495 e. The Bertz CT molecular complexity index is 398. The minimum atomic E-state index is -0.910. The highest BCUT2D eigenvalue weighted by molar-refractivity contribution is 5.89. The Morgan fingerprint density at radius 2 is 1.89 bits per heavy atom. The van der Waals surface area contributed by atoms with Crippen LogP contribution in [0.15, 0.2) is 18.2 Å². The molecule has 0 spiro atoms. The van der Waals surface area contributed by atoms with E-state index in [0.717, 1.165) is 37.4 Å². The van der Waals surface area contributed by atoms with Crippen molar-refractivity contribution < 1.29 is 14.6 Å². The van der Waals surface area contributed by atoms with Crippen molar-refractivity contribution in [2.45, 2.75) is 26.7 Å². The van der Waals surface area contributed by atoms with Gasteiger partial charge in [0.05, 0.1) is 18.4 Å². The van der Waals surface area contributed by atoms with Crippen molar-refractivity contribution in [3.63, 3.8) is 0 Å². The fourth-order valence-corrected chi connectivity index (χ4v) is 1.96. The van der Waals surface area contributed by atoms with Gasteiger partial charge in [0.1, 0.15) is 5.75 Å². The van der Waals surface area contributed by atoms with Crippen LogP contribution in [0.25, 0.3) is 0 Å². The van der Waals surface area contributed by atoms with E-state index in [0.29, 0.717) is 5.56 Å². The van der Waals surface area contributed by atoms with Crippen LogP contribution in [0.2, 0.25) is 0 Å². The van der Waals surface area contributed by atoms with Crippen molar-refractivity contribution in [2.75, 3.05) is 25.1 Å². The van der Waals surface area contributed by atoms with E-state index in [9.17, 15) is 4.79 Å². The van der Waals surface area contributed by atoms with Gasteiger partial charge in [-0.2, -0.15) is 0 Å². The smallest absolute Gasteiger partial charge is 0.335 e. The summed E-state index contributed by atoms with van der Waals surface area (Å²) in [5, 5.41) is 9.06. The van der Waals surface area contributed by atoms with Gasteiger partial charge in [-0.25, -0.2) is 4.79 Å². The van der Waals surface area contributed by atoms with E-state index in [1.54, 1.807) is 25.3 Å². The number of hydrogen-bond acceptors (Lipinski definition) is 3. The Balaban J connectivity index is 3.14. The normalized spacial score (nSPS) is 10.2. The largest absolute Gasteiger partial charge is 0.495 e. The SMILES string of the molecule is CCCN(CCC)c1cc(C(=O)O)ccc1OC. The number of hydrogen-bond donors (Lipinski definition) is 1. The van der Waals surface area contributed by atoms with Gasteiger partial charge >= 0.3 is 5.97 Å². The average molecular weight is 251 g/mol. The van der Waals surface area contributed by atoms with Gasteiger partial charge in [-0.3, -0.25) is 0 Å². The molecule has 0 aliphatic rings. The van der Waals surface area contributed by atoms with Crippen LogP contribution in [0.1, 0.15) is 37.0 Å². The van der Waals surface area contributed by atoms with E-state index in [1.807, 2.05) is 0 Å². The number of methoxy groups -OCH3 is 1. The molecule has 0 bridgehead atoms. The highest BCUT2D eigenvalue weighted by atomic mass is 16.5. The maximum absolute atomic E-state index is 11.0. The Kier molecular flexibility index (Phi) is 5.49. The molecule has 0 heterocycles. The predicted molar refractivity (Wildman–Crippen MR) is 72.7 cm³/mol. The second-order valence-corrected chi connectivity index (χ2v) is 4.18. The van der Waals surface area contributed by atoms with Crippen molar-refractivity contribution in [1.29, 1.82) is 0 Å². The van der Waals surface area contributed by atoms with Crippen molar-refractivity contribution in [1.82, 2.24) is 0 Å². The fourth-order valence-electron chi connectivity index (χ4n) is 1.96. The summed E-state index contributed by atoms with van der Waals surface area (Å²) in [5.74, 6) is -0.186. The van der Waals surface area contributed by atoms with Gasteiger partial charge in [-0.05, 0) is 31.0 Å². The van der Waals surface area contributed by atoms with Crippen LogP contribution in [0.5, 0.6) is 5.75 Å². The molecule has 0 unspecified atom stereocenters. The monoisotopic (exact) mass is 251 g/mol. The highest BCUT2D eigenvalue weighted by Gasteiger charge is 2.14. The molecule has 0 aliphatic carbocycles. The summed E-state index contributed by atoms with van der Waals surface area (Å²) in [6.07, 6.45) is 2.03. The number of ether oxygens (including phenoxy) is 1. The Morgan fingerprint density at radius 3 is 2.33 bits per heavy atom. The zero-order chi connectivity index (χ0) is 13.5. The van der Waals surface area contributed by atoms with Crippen LogP contribution in [0.3, 0.4) is 0 Å². The van der Waals surface area contributed by atoms with Crippen molar-refractivity contribution in [2.24, 2.45) is 0 Å². The van der Waals surface area contributed by atoms with Crippen LogP contribution >= 0.6 is 0 Å². The number of carboxylic acid groups (broad SMARTS) is 1. The number of benzene rings is 1. The van der Waals surface area contributed by atoms with Gasteiger partial charge in [0.25, 0.3) is 0 Å². The second kappa shape index (κ2) is 6.89. The second-order valence-electron chi connectivity index (χ2n) is 4.18. The van der Waals surface area contributed by atoms with Crippen LogP contribution in [0, 0.1) is 0 Å². The lowest BCUT2D eigenvalue weighted by Gasteiger charge is -2.26. The quantitative estimate of drug-likeness (QED) is 0.809. The van der Waals surface area contributed by atoms with Gasteiger partial charge in [0.15, 0.2) is 0 Å². The number of anilines is 1. The fraction of sp³-hybridized carbons (Fsp3) is 0.500. The topological polar surface area (TPSA) is 49.8 Å². The summed E-state index contributed by atoms with van der Waals surface area (Å²) in [7, 11) is 1.61. The average Bonchev–Trinajstić information content (AvgIpc) is 2.37. The lowest BCUT2D eigenvalue weighted by Crippen LogP contribution is -2.25. The Hall–Kier alpha value is -1.71. The molecule has 0 radical (unpaired) electrons. The Morgan fingerprint density at radius 1 is 1.28 bits per heavy atom. The van der Waals surface area contributed by atoms with E-state index in [-0.39, 0.29) is 0 Å². The van der Waals surface area contributed by atoms with Gasteiger partial charge in [0.2, 0.25) is 0 Å². The zero-order valence-corrected chi connectivity index (χ0v) is 11.3. The Labute approximate surface area is 108 Å². The van der Waals surface area contributed by atoms with E-state index < -0.39 is 5.97 Å². The molecule has 1 N–H and O–H groups in total. The molecule has 0 atom stereocenters. The first kappa shape index (κ1) is 14.4. The summed E-state index contributed by atoms with van der Waals surface area (Å²) in [6.45, 7) is 6.01. The molecule has 0 aromatic heterocycles. The molecule has 0 aliphatic heterocycles. The first-order valence-corrected chi connectivity index (χ1v) is 6.30. The molecule has 4 nitrogen and oxygen atoms in total. The van der Waals surface area contributed by atoms with Crippen LogP contribution in [-0.4, -0.2) is 31.3 Å². The van der Waals surface area contributed by atoms with Gasteiger partial charge in [-0.1, -0.05) is 13.8 Å². The van der Waals surface area contributed by atoms with Gasteiger partial charge < -0.3 is 14.7 Å².